The first kappa shape index (κ1) is 30.6. The van der Waals surface area contributed by atoms with E-state index in [1.807, 2.05) is 13.8 Å². The minimum Gasteiger partial charge on any atom is -0.497 e. The lowest BCUT2D eigenvalue weighted by Crippen LogP contribution is -2.53. The fourth-order valence-corrected chi connectivity index (χ4v) is 4.05. The third kappa shape index (κ3) is 7.23. The average molecular weight is 563 g/mol. The molecule has 0 aromatic heterocycles. The lowest BCUT2D eigenvalue weighted by atomic mass is 10.1. The zero-order valence-corrected chi connectivity index (χ0v) is 24.2. The second-order valence-electron chi connectivity index (χ2n) is 7.91. The van der Waals surface area contributed by atoms with Gasteiger partial charge in [0.25, 0.3) is 11.8 Å². The summed E-state index contributed by atoms with van der Waals surface area (Å²) in [6.45, 7) is 5.84. The molecule has 0 unspecified atom stereocenters. The SMILES string of the molecule is CCN(NC(=O)C(C)C(=O)NN(CC)C(=S)c1cc(OC)ccc1OC)C(=S)c1cc(OC)ccc1OC. The van der Waals surface area contributed by atoms with E-state index in [-0.39, 0.29) is 0 Å². The van der Waals surface area contributed by atoms with Crippen molar-refractivity contribution in [1.82, 2.24) is 20.9 Å². The Bertz CT molecular complexity index is 1090. The second kappa shape index (κ2) is 14.3. The van der Waals surface area contributed by atoms with Crippen LogP contribution in [-0.2, 0) is 9.59 Å². The highest BCUT2D eigenvalue weighted by Crippen LogP contribution is 2.27. The van der Waals surface area contributed by atoms with Crippen LogP contribution in [0.2, 0.25) is 0 Å². The quantitative estimate of drug-likeness (QED) is 0.255. The van der Waals surface area contributed by atoms with Crippen LogP contribution < -0.4 is 29.8 Å². The van der Waals surface area contributed by atoms with E-state index >= 15 is 0 Å². The summed E-state index contributed by atoms with van der Waals surface area (Å²) in [6.07, 6.45) is 0. The predicted molar refractivity (Wildman–Crippen MR) is 153 cm³/mol. The van der Waals surface area contributed by atoms with Gasteiger partial charge in [0, 0.05) is 13.1 Å². The van der Waals surface area contributed by atoms with Crippen LogP contribution in [0.15, 0.2) is 36.4 Å². The molecule has 0 atom stereocenters. The molecule has 0 heterocycles. The van der Waals surface area contributed by atoms with Crippen molar-refractivity contribution in [2.24, 2.45) is 5.92 Å². The van der Waals surface area contributed by atoms with E-state index in [1.165, 1.54) is 31.2 Å². The summed E-state index contributed by atoms with van der Waals surface area (Å²) in [5.41, 5.74) is 6.59. The van der Waals surface area contributed by atoms with Crippen molar-refractivity contribution in [3.8, 4) is 23.0 Å². The summed E-state index contributed by atoms with van der Waals surface area (Å²) < 4.78 is 21.4. The predicted octanol–water partition coefficient (Wildman–Crippen LogP) is 3.11. The topological polar surface area (TPSA) is 102 Å². The molecular formula is C26H34N4O6S2. The normalized spacial score (nSPS) is 10.3. The van der Waals surface area contributed by atoms with Gasteiger partial charge < -0.3 is 18.9 Å². The summed E-state index contributed by atoms with van der Waals surface area (Å²) in [5.74, 6) is 0.0546. The van der Waals surface area contributed by atoms with Gasteiger partial charge in [0.2, 0.25) is 0 Å². The molecule has 12 heteroatoms. The molecule has 38 heavy (non-hydrogen) atoms. The third-order valence-corrected chi connectivity index (χ3v) is 6.55. The molecule has 0 bridgehead atoms. The molecule has 2 rings (SSSR count). The van der Waals surface area contributed by atoms with Gasteiger partial charge in [-0.1, -0.05) is 24.4 Å². The van der Waals surface area contributed by atoms with Crippen LogP contribution in [0, 0.1) is 5.92 Å². The Morgan fingerprint density at radius 3 is 1.39 bits per heavy atom. The Kier molecular flexibility index (Phi) is 11.5. The molecule has 10 nitrogen and oxygen atoms in total. The molecule has 206 valence electrons. The van der Waals surface area contributed by atoms with Crippen molar-refractivity contribution < 1.29 is 28.5 Å². The minimum atomic E-state index is -1.07. The highest BCUT2D eigenvalue weighted by molar-refractivity contribution is 7.81. The molecule has 2 amide bonds. The smallest absolute Gasteiger partial charge is 0.250 e. The van der Waals surface area contributed by atoms with Gasteiger partial charge in [0.1, 0.15) is 38.9 Å². The van der Waals surface area contributed by atoms with Crippen molar-refractivity contribution in [3.05, 3.63) is 47.5 Å². The lowest BCUT2D eigenvalue weighted by molar-refractivity contribution is -0.138. The summed E-state index contributed by atoms with van der Waals surface area (Å²) in [4.78, 5) is 26.7. The summed E-state index contributed by atoms with van der Waals surface area (Å²) in [6, 6.07) is 10.4. The molecule has 0 aliphatic carbocycles. The molecule has 2 aromatic rings. The molecule has 0 aliphatic heterocycles. The van der Waals surface area contributed by atoms with Gasteiger partial charge in [0.05, 0.1) is 39.6 Å². The number of rotatable bonds is 10. The fraction of sp³-hybridized carbons (Fsp3) is 0.385. The van der Waals surface area contributed by atoms with Crippen molar-refractivity contribution in [2.45, 2.75) is 20.8 Å². The number of hydrogen-bond acceptors (Lipinski definition) is 8. The van der Waals surface area contributed by atoms with Crippen molar-refractivity contribution in [3.63, 3.8) is 0 Å². The van der Waals surface area contributed by atoms with Crippen LogP contribution in [0.25, 0.3) is 0 Å². The molecule has 0 saturated carbocycles. The van der Waals surface area contributed by atoms with Gasteiger partial charge in [-0.25, -0.2) is 0 Å². The number of hydrogen-bond donors (Lipinski definition) is 2. The monoisotopic (exact) mass is 562 g/mol. The zero-order valence-electron chi connectivity index (χ0n) is 22.6. The van der Waals surface area contributed by atoms with E-state index in [0.717, 1.165) is 0 Å². The van der Waals surface area contributed by atoms with E-state index in [0.29, 0.717) is 57.2 Å². The Morgan fingerprint density at radius 1 is 0.737 bits per heavy atom. The number of carbonyl (C=O) groups is 2. The molecule has 2 N–H and O–H groups in total. The number of ether oxygens (including phenoxy) is 4. The van der Waals surface area contributed by atoms with Crippen molar-refractivity contribution in [1.29, 1.82) is 0 Å². The number of methoxy groups -OCH3 is 4. The number of carbonyl (C=O) groups excluding carboxylic acids is 2. The first-order chi connectivity index (χ1) is 18.1. The van der Waals surface area contributed by atoms with Gasteiger partial charge in [-0.3, -0.25) is 30.5 Å². The van der Waals surface area contributed by atoms with Gasteiger partial charge >= 0.3 is 0 Å². The molecule has 2 aromatic carbocycles. The molecule has 0 aliphatic rings. The van der Waals surface area contributed by atoms with Gasteiger partial charge in [-0.05, 0) is 57.2 Å². The van der Waals surface area contributed by atoms with E-state index < -0.39 is 17.7 Å². The van der Waals surface area contributed by atoms with Crippen LogP contribution >= 0.6 is 24.4 Å². The molecular weight excluding hydrogens is 528 g/mol. The fourth-order valence-electron chi connectivity index (χ4n) is 3.38. The first-order valence-corrected chi connectivity index (χ1v) is 12.7. The van der Waals surface area contributed by atoms with Crippen LogP contribution in [0.1, 0.15) is 31.9 Å². The Balaban J connectivity index is 2.16. The van der Waals surface area contributed by atoms with Crippen LogP contribution in [-0.4, -0.2) is 73.3 Å². The molecule has 0 spiro atoms. The Labute approximate surface area is 234 Å². The van der Waals surface area contributed by atoms with Crippen molar-refractivity contribution in [2.75, 3.05) is 41.5 Å². The van der Waals surface area contributed by atoms with Gasteiger partial charge in [-0.15, -0.1) is 0 Å². The molecule has 0 saturated heterocycles. The zero-order chi connectivity index (χ0) is 28.4. The van der Waals surface area contributed by atoms with Crippen LogP contribution in [0.4, 0.5) is 0 Å². The summed E-state index contributed by atoms with van der Waals surface area (Å²) >= 11 is 11.2. The van der Waals surface area contributed by atoms with E-state index in [4.69, 9.17) is 43.4 Å². The largest absolute Gasteiger partial charge is 0.497 e. The van der Waals surface area contributed by atoms with E-state index in [2.05, 4.69) is 10.9 Å². The number of thiocarbonyl (C=S) groups is 2. The third-order valence-electron chi connectivity index (χ3n) is 5.67. The van der Waals surface area contributed by atoms with Gasteiger partial charge in [0.15, 0.2) is 0 Å². The maximum atomic E-state index is 13.0. The highest BCUT2D eigenvalue weighted by atomic mass is 32.1. The van der Waals surface area contributed by atoms with E-state index in [9.17, 15) is 9.59 Å². The number of benzene rings is 2. The number of hydrazine groups is 2. The van der Waals surface area contributed by atoms with E-state index in [1.54, 1.807) is 50.6 Å². The summed E-state index contributed by atoms with van der Waals surface area (Å²) in [7, 11) is 6.15. The first-order valence-electron chi connectivity index (χ1n) is 11.8. The summed E-state index contributed by atoms with van der Waals surface area (Å²) in [5, 5.41) is 2.95. The second-order valence-corrected chi connectivity index (χ2v) is 8.68. The van der Waals surface area contributed by atoms with Gasteiger partial charge in [-0.2, -0.15) is 0 Å². The molecule has 0 fully saturated rings. The number of nitrogens with zero attached hydrogens (tertiary/aromatic N) is 2. The standard InChI is InChI=1S/C26H34N4O6S2/c1-8-29(25(37)19-14-17(33-4)10-12-21(19)35-6)27-23(31)16(3)24(32)28-30(9-2)26(38)20-15-18(34-5)11-13-22(20)36-7/h10-16H,8-9H2,1-7H3,(H,27,31)(H,28,32). The number of nitrogens with one attached hydrogen (secondary N) is 2. The van der Waals surface area contributed by atoms with Crippen molar-refractivity contribution >= 4 is 46.2 Å². The lowest BCUT2D eigenvalue weighted by Gasteiger charge is -2.29. The number of amides is 2. The van der Waals surface area contributed by atoms with Crippen LogP contribution in [0.5, 0.6) is 23.0 Å². The average Bonchev–Trinajstić information content (AvgIpc) is 2.96. The minimum absolute atomic E-state index is 0.311. The highest BCUT2D eigenvalue weighted by Gasteiger charge is 2.27. The van der Waals surface area contributed by atoms with Crippen LogP contribution in [0.3, 0.4) is 0 Å². The Hall–Kier alpha value is -3.64. The maximum absolute atomic E-state index is 13.0. The molecule has 0 radical (unpaired) electrons. The Morgan fingerprint density at radius 2 is 1.11 bits per heavy atom. The maximum Gasteiger partial charge on any atom is 0.250 e.